The fourth-order valence-electron chi connectivity index (χ4n) is 2.31. The molecule has 88 valence electrons. The minimum Gasteiger partial charge on any atom is -0.399 e. The fourth-order valence-corrected chi connectivity index (χ4v) is 2.83. The molecule has 1 heterocycles. The molecule has 1 aliphatic heterocycles. The highest BCUT2D eigenvalue weighted by Gasteiger charge is 2.25. The van der Waals surface area contributed by atoms with Crippen molar-refractivity contribution < 1.29 is 0 Å². The van der Waals surface area contributed by atoms with Crippen molar-refractivity contribution in [3.8, 4) is 0 Å². The van der Waals surface area contributed by atoms with Crippen molar-refractivity contribution in [3.63, 3.8) is 0 Å². The van der Waals surface area contributed by atoms with Crippen LogP contribution in [0.3, 0.4) is 0 Å². The number of nitrogen functional groups attached to an aromatic ring is 1. The van der Waals surface area contributed by atoms with Crippen LogP contribution < -0.4 is 5.73 Å². The first-order chi connectivity index (χ1) is 7.56. The van der Waals surface area contributed by atoms with Crippen LogP contribution in [-0.4, -0.2) is 18.0 Å². The molecular weight excluding hydrogens is 264 g/mol. The predicted octanol–water partition coefficient (Wildman–Crippen LogP) is 3.12. The highest BCUT2D eigenvalue weighted by molar-refractivity contribution is 9.10. The van der Waals surface area contributed by atoms with E-state index >= 15 is 0 Å². The average molecular weight is 283 g/mol. The zero-order valence-corrected chi connectivity index (χ0v) is 11.5. The quantitative estimate of drug-likeness (QED) is 0.845. The van der Waals surface area contributed by atoms with Crippen molar-refractivity contribution in [3.05, 3.63) is 28.2 Å². The zero-order chi connectivity index (χ0) is 11.7. The van der Waals surface area contributed by atoms with Crippen LogP contribution >= 0.6 is 15.9 Å². The smallest absolute Gasteiger partial charge is 0.0325 e. The van der Waals surface area contributed by atoms with Crippen molar-refractivity contribution in [2.75, 3.05) is 18.8 Å². The van der Waals surface area contributed by atoms with E-state index in [4.69, 9.17) is 5.73 Å². The lowest BCUT2D eigenvalue weighted by Gasteiger charge is -2.16. The Hall–Kier alpha value is -0.540. The summed E-state index contributed by atoms with van der Waals surface area (Å²) in [5.41, 5.74) is 7.88. The van der Waals surface area contributed by atoms with Crippen molar-refractivity contribution in [2.24, 2.45) is 11.8 Å². The second-order valence-electron chi connectivity index (χ2n) is 5.00. The van der Waals surface area contributed by atoms with Gasteiger partial charge in [-0.15, -0.1) is 0 Å². The first-order valence-corrected chi connectivity index (χ1v) is 6.62. The molecule has 1 saturated heterocycles. The van der Waals surface area contributed by atoms with Crippen LogP contribution in [0.15, 0.2) is 22.7 Å². The van der Waals surface area contributed by atoms with Crippen LogP contribution in [0.2, 0.25) is 0 Å². The molecule has 0 aromatic heterocycles. The van der Waals surface area contributed by atoms with Crippen LogP contribution in [0.5, 0.6) is 0 Å². The van der Waals surface area contributed by atoms with Gasteiger partial charge in [0.25, 0.3) is 0 Å². The van der Waals surface area contributed by atoms with E-state index in [1.165, 1.54) is 18.7 Å². The molecule has 1 aromatic carbocycles. The minimum atomic E-state index is 0.813. The molecule has 2 nitrogen and oxygen atoms in total. The Morgan fingerprint density at radius 3 is 2.50 bits per heavy atom. The van der Waals surface area contributed by atoms with Gasteiger partial charge in [-0.3, -0.25) is 4.90 Å². The Balaban J connectivity index is 2.05. The summed E-state index contributed by atoms with van der Waals surface area (Å²) in [6.45, 7) is 8.11. The van der Waals surface area contributed by atoms with Gasteiger partial charge >= 0.3 is 0 Å². The molecule has 2 atom stereocenters. The van der Waals surface area contributed by atoms with Crippen LogP contribution in [0, 0.1) is 11.8 Å². The van der Waals surface area contributed by atoms with E-state index in [0.717, 1.165) is 28.5 Å². The summed E-state index contributed by atoms with van der Waals surface area (Å²) in [7, 11) is 0. The van der Waals surface area contributed by atoms with Gasteiger partial charge in [-0.2, -0.15) is 0 Å². The maximum Gasteiger partial charge on any atom is 0.0325 e. The summed E-state index contributed by atoms with van der Waals surface area (Å²) in [6, 6.07) is 6.08. The van der Waals surface area contributed by atoms with E-state index in [9.17, 15) is 0 Å². The second kappa shape index (κ2) is 4.76. The molecule has 0 amide bonds. The first-order valence-electron chi connectivity index (χ1n) is 5.82. The van der Waals surface area contributed by atoms with Gasteiger partial charge in [-0.25, -0.2) is 0 Å². The van der Waals surface area contributed by atoms with Gasteiger partial charge in [0.1, 0.15) is 0 Å². The van der Waals surface area contributed by atoms with Gasteiger partial charge in [-0.05, 0) is 29.5 Å². The summed E-state index contributed by atoms with van der Waals surface area (Å²) in [6.07, 6.45) is 0. The fraction of sp³-hybridized carbons (Fsp3) is 0.538. The van der Waals surface area contributed by atoms with Gasteiger partial charge in [0.15, 0.2) is 0 Å². The Morgan fingerprint density at radius 1 is 1.31 bits per heavy atom. The van der Waals surface area contributed by atoms with Crippen molar-refractivity contribution in [1.82, 2.24) is 4.90 Å². The molecule has 2 unspecified atom stereocenters. The average Bonchev–Trinajstić information content (AvgIpc) is 2.51. The monoisotopic (exact) mass is 282 g/mol. The van der Waals surface area contributed by atoms with Gasteiger partial charge in [0, 0.05) is 29.8 Å². The molecule has 3 heteroatoms. The van der Waals surface area contributed by atoms with Gasteiger partial charge in [0.05, 0.1) is 0 Å². The third-order valence-electron chi connectivity index (χ3n) is 3.53. The van der Waals surface area contributed by atoms with Crippen molar-refractivity contribution in [2.45, 2.75) is 20.4 Å². The number of likely N-dealkylation sites (tertiary alicyclic amines) is 1. The van der Waals surface area contributed by atoms with E-state index in [-0.39, 0.29) is 0 Å². The highest BCUT2D eigenvalue weighted by atomic mass is 79.9. The van der Waals surface area contributed by atoms with E-state index in [2.05, 4.69) is 40.7 Å². The zero-order valence-electron chi connectivity index (χ0n) is 9.91. The Labute approximate surface area is 106 Å². The summed E-state index contributed by atoms with van der Waals surface area (Å²) in [5, 5.41) is 0. The molecule has 0 bridgehead atoms. The number of anilines is 1. The Kier molecular flexibility index (Phi) is 3.55. The largest absolute Gasteiger partial charge is 0.399 e. The van der Waals surface area contributed by atoms with Crippen LogP contribution in [0.4, 0.5) is 5.69 Å². The second-order valence-corrected chi connectivity index (χ2v) is 5.85. The molecule has 2 N–H and O–H groups in total. The molecule has 2 rings (SSSR count). The molecule has 0 saturated carbocycles. The lowest BCUT2D eigenvalue weighted by Crippen LogP contribution is -2.20. The maximum atomic E-state index is 5.74. The normalized spacial score (nSPS) is 26.2. The van der Waals surface area contributed by atoms with E-state index in [1.807, 2.05) is 12.1 Å². The summed E-state index contributed by atoms with van der Waals surface area (Å²) in [4.78, 5) is 2.52. The van der Waals surface area contributed by atoms with E-state index in [0.29, 0.717) is 0 Å². The van der Waals surface area contributed by atoms with Crippen LogP contribution in [-0.2, 0) is 6.54 Å². The summed E-state index contributed by atoms with van der Waals surface area (Å²) >= 11 is 3.58. The van der Waals surface area contributed by atoms with Gasteiger partial charge in [0.2, 0.25) is 0 Å². The highest BCUT2D eigenvalue weighted by Crippen LogP contribution is 2.26. The predicted molar refractivity (Wildman–Crippen MR) is 72.2 cm³/mol. The van der Waals surface area contributed by atoms with Crippen molar-refractivity contribution in [1.29, 1.82) is 0 Å². The Morgan fingerprint density at radius 2 is 1.94 bits per heavy atom. The van der Waals surface area contributed by atoms with Crippen LogP contribution in [0.25, 0.3) is 0 Å². The molecule has 1 aliphatic rings. The van der Waals surface area contributed by atoms with Crippen LogP contribution in [0.1, 0.15) is 19.4 Å². The summed E-state index contributed by atoms with van der Waals surface area (Å²) < 4.78 is 1.12. The number of hydrogen-bond acceptors (Lipinski definition) is 2. The molecule has 1 fully saturated rings. The number of nitrogens with two attached hydrogens (primary N) is 1. The number of rotatable bonds is 2. The SMILES string of the molecule is CC1CN(Cc2ccc(N)cc2Br)CC1C. The topological polar surface area (TPSA) is 29.3 Å². The van der Waals surface area contributed by atoms with E-state index in [1.54, 1.807) is 0 Å². The molecule has 0 spiro atoms. The van der Waals surface area contributed by atoms with Gasteiger partial charge < -0.3 is 5.73 Å². The number of halogens is 1. The number of benzene rings is 1. The molecule has 0 aliphatic carbocycles. The maximum absolute atomic E-state index is 5.74. The van der Waals surface area contributed by atoms with E-state index < -0.39 is 0 Å². The number of nitrogens with zero attached hydrogens (tertiary/aromatic N) is 1. The molecular formula is C13H19BrN2. The third kappa shape index (κ3) is 2.58. The first kappa shape index (κ1) is 11.9. The minimum absolute atomic E-state index is 0.813. The molecule has 1 aromatic rings. The molecule has 0 radical (unpaired) electrons. The standard InChI is InChI=1S/C13H19BrN2/c1-9-6-16(7-10(9)2)8-11-3-4-12(15)5-13(11)14/h3-5,9-10H,6-8,15H2,1-2H3. The number of hydrogen-bond donors (Lipinski definition) is 1. The Bertz CT molecular complexity index is 368. The van der Waals surface area contributed by atoms with Gasteiger partial charge in [-0.1, -0.05) is 35.8 Å². The third-order valence-corrected chi connectivity index (χ3v) is 4.27. The molecule has 16 heavy (non-hydrogen) atoms. The lowest BCUT2D eigenvalue weighted by atomic mass is 10.0. The lowest BCUT2D eigenvalue weighted by molar-refractivity contribution is 0.315. The van der Waals surface area contributed by atoms with Crippen molar-refractivity contribution >= 4 is 21.6 Å². The summed E-state index contributed by atoms with van der Waals surface area (Å²) in [5.74, 6) is 1.63.